The second-order valence-corrected chi connectivity index (χ2v) is 5.22. The van der Waals surface area contributed by atoms with E-state index in [4.69, 9.17) is 4.74 Å². The number of rotatable bonds is 3. The fourth-order valence-corrected chi connectivity index (χ4v) is 2.32. The fourth-order valence-electron chi connectivity index (χ4n) is 2.32. The molecule has 3 aromatic rings. The van der Waals surface area contributed by atoms with Gasteiger partial charge in [0, 0.05) is 29.7 Å². The van der Waals surface area contributed by atoms with Crippen molar-refractivity contribution >= 4 is 17.2 Å². The lowest BCUT2D eigenvalue weighted by atomic mass is 10.2. The van der Waals surface area contributed by atoms with Crippen LogP contribution in [-0.4, -0.2) is 27.6 Å². The molecule has 7 heteroatoms. The van der Waals surface area contributed by atoms with Crippen LogP contribution in [0.3, 0.4) is 0 Å². The molecule has 0 saturated carbocycles. The predicted octanol–water partition coefficient (Wildman–Crippen LogP) is 1.90. The Kier molecular flexibility index (Phi) is 3.61. The number of methoxy groups -OCH3 is 1. The lowest BCUT2D eigenvalue weighted by molar-refractivity contribution is 0.102. The molecule has 0 unspecified atom stereocenters. The molecule has 0 aliphatic heterocycles. The van der Waals surface area contributed by atoms with Gasteiger partial charge in [-0.25, -0.2) is 9.50 Å². The molecule has 0 spiro atoms. The largest absolute Gasteiger partial charge is 0.497 e. The number of anilines is 1. The number of hydrogen-bond acceptors (Lipinski definition) is 4. The molecule has 0 saturated heterocycles. The van der Waals surface area contributed by atoms with Crippen molar-refractivity contribution < 1.29 is 9.53 Å². The Labute approximate surface area is 131 Å². The van der Waals surface area contributed by atoms with Crippen LogP contribution < -0.4 is 15.6 Å². The van der Waals surface area contributed by atoms with Crippen LogP contribution in [0.25, 0.3) is 5.65 Å². The van der Waals surface area contributed by atoms with Gasteiger partial charge in [0.1, 0.15) is 11.3 Å². The van der Waals surface area contributed by atoms with Crippen LogP contribution in [0, 0.1) is 13.8 Å². The van der Waals surface area contributed by atoms with E-state index in [1.54, 1.807) is 20.1 Å². The molecule has 3 rings (SSSR count). The van der Waals surface area contributed by atoms with Crippen LogP contribution in [-0.2, 0) is 0 Å². The summed E-state index contributed by atoms with van der Waals surface area (Å²) in [7, 11) is 1.56. The summed E-state index contributed by atoms with van der Waals surface area (Å²) in [6.07, 6.45) is 1.47. The molecule has 0 aliphatic rings. The van der Waals surface area contributed by atoms with E-state index >= 15 is 0 Å². The maximum absolute atomic E-state index is 12.5. The van der Waals surface area contributed by atoms with E-state index in [0.29, 0.717) is 28.3 Å². The highest BCUT2D eigenvalue weighted by Crippen LogP contribution is 2.22. The van der Waals surface area contributed by atoms with Gasteiger partial charge in [0.15, 0.2) is 5.65 Å². The SMILES string of the molecule is COc1ccc(C)c(NC(=O)c2c[nH]n3c(=O)cc(C)nc23)c1. The third kappa shape index (κ3) is 2.68. The Bertz CT molecular complexity index is 956. The first-order chi connectivity index (χ1) is 11.0. The number of nitrogens with one attached hydrogen (secondary N) is 2. The van der Waals surface area contributed by atoms with E-state index in [0.717, 1.165) is 5.56 Å². The van der Waals surface area contributed by atoms with E-state index in [1.165, 1.54) is 16.8 Å². The summed E-state index contributed by atoms with van der Waals surface area (Å²) in [5.74, 6) is 0.299. The first-order valence-electron chi connectivity index (χ1n) is 7.03. The van der Waals surface area contributed by atoms with Crippen molar-refractivity contribution in [1.29, 1.82) is 0 Å². The van der Waals surface area contributed by atoms with E-state index in [9.17, 15) is 9.59 Å². The molecule has 2 heterocycles. The lowest BCUT2D eigenvalue weighted by Gasteiger charge is -2.09. The van der Waals surface area contributed by atoms with Gasteiger partial charge < -0.3 is 10.1 Å². The van der Waals surface area contributed by atoms with Crippen molar-refractivity contribution in [1.82, 2.24) is 14.6 Å². The molecule has 0 aliphatic carbocycles. The number of nitrogens with zero attached hydrogens (tertiary/aromatic N) is 2. The first-order valence-corrected chi connectivity index (χ1v) is 7.03. The molecule has 7 nitrogen and oxygen atoms in total. The molecule has 2 aromatic heterocycles. The highest BCUT2D eigenvalue weighted by Gasteiger charge is 2.16. The number of carbonyl (C=O) groups is 1. The summed E-state index contributed by atoms with van der Waals surface area (Å²) in [5, 5.41) is 5.57. The van der Waals surface area contributed by atoms with E-state index < -0.39 is 0 Å². The summed E-state index contributed by atoms with van der Waals surface area (Å²) in [5.41, 5.74) is 2.44. The Hall–Kier alpha value is -3.09. The zero-order chi connectivity index (χ0) is 16.6. The van der Waals surface area contributed by atoms with Gasteiger partial charge in [-0.05, 0) is 25.5 Å². The van der Waals surface area contributed by atoms with Gasteiger partial charge in [-0.1, -0.05) is 6.07 Å². The number of aryl methyl sites for hydroxylation is 2. The van der Waals surface area contributed by atoms with E-state index in [1.807, 2.05) is 19.1 Å². The van der Waals surface area contributed by atoms with Crippen molar-refractivity contribution in [2.24, 2.45) is 0 Å². The zero-order valence-corrected chi connectivity index (χ0v) is 13.0. The van der Waals surface area contributed by atoms with Crippen LogP contribution in [0.4, 0.5) is 5.69 Å². The molecule has 0 radical (unpaired) electrons. The summed E-state index contributed by atoms with van der Waals surface area (Å²) < 4.78 is 6.41. The third-order valence-corrected chi connectivity index (χ3v) is 3.56. The van der Waals surface area contributed by atoms with Crippen molar-refractivity contribution in [3.8, 4) is 5.75 Å². The summed E-state index contributed by atoms with van der Waals surface area (Å²) in [4.78, 5) is 28.7. The lowest BCUT2D eigenvalue weighted by Crippen LogP contribution is -2.17. The molecule has 2 N–H and O–H groups in total. The van der Waals surface area contributed by atoms with Gasteiger partial charge in [-0.2, -0.15) is 0 Å². The Morgan fingerprint density at radius 2 is 2.09 bits per heavy atom. The molecular weight excluding hydrogens is 296 g/mol. The second-order valence-electron chi connectivity index (χ2n) is 5.22. The number of aromatic amines is 1. The molecule has 1 aromatic carbocycles. The number of aromatic nitrogens is 3. The number of carbonyl (C=O) groups excluding carboxylic acids is 1. The number of benzene rings is 1. The number of fused-ring (bicyclic) bond motifs is 1. The smallest absolute Gasteiger partial charge is 0.272 e. The van der Waals surface area contributed by atoms with Gasteiger partial charge in [0.2, 0.25) is 0 Å². The number of hydrogen-bond donors (Lipinski definition) is 2. The standard InChI is InChI=1S/C16H16N4O3/c1-9-4-5-11(23-3)7-13(9)19-16(22)12-8-17-20-14(21)6-10(2)18-15(12)20/h4-8,17H,1-3H3,(H,19,22). The molecule has 23 heavy (non-hydrogen) atoms. The highest BCUT2D eigenvalue weighted by atomic mass is 16.5. The van der Waals surface area contributed by atoms with Gasteiger partial charge in [-0.3, -0.25) is 14.7 Å². The van der Waals surface area contributed by atoms with Crippen LogP contribution in [0.5, 0.6) is 5.75 Å². The second kappa shape index (κ2) is 5.60. The fraction of sp³-hybridized carbons (Fsp3) is 0.188. The average Bonchev–Trinajstić information content (AvgIpc) is 2.93. The van der Waals surface area contributed by atoms with Crippen molar-refractivity contribution in [3.63, 3.8) is 0 Å². The Morgan fingerprint density at radius 1 is 1.30 bits per heavy atom. The maximum Gasteiger partial charge on any atom is 0.272 e. The monoisotopic (exact) mass is 312 g/mol. The van der Waals surface area contributed by atoms with E-state index in [-0.39, 0.29) is 11.5 Å². The molecule has 0 bridgehead atoms. The number of amides is 1. The normalized spacial score (nSPS) is 10.7. The topological polar surface area (TPSA) is 88.5 Å². The van der Waals surface area contributed by atoms with Crippen LogP contribution in [0.1, 0.15) is 21.6 Å². The van der Waals surface area contributed by atoms with Crippen LogP contribution in [0.15, 0.2) is 35.3 Å². The minimum atomic E-state index is -0.349. The van der Waals surface area contributed by atoms with Crippen LogP contribution >= 0.6 is 0 Å². The highest BCUT2D eigenvalue weighted by molar-refractivity contribution is 6.08. The first kappa shape index (κ1) is 14.8. The Morgan fingerprint density at radius 3 is 2.83 bits per heavy atom. The molecule has 118 valence electrons. The molecular formula is C16H16N4O3. The van der Waals surface area contributed by atoms with Gasteiger partial charge in [-0.15, -0.1) is 0 Å². The van der Waals surface area contributed by atoms with Gasteiger partial charge in [0.25, 0.3) is 11.5 Å². The van der Waals surface area contributed by atoms with Crippen LogP contribution in [0.2, 0.25) is 0 Å². The molecule has 0 fully saturated rings. The molecule has 0 atom stereocenters. The van der Waals surface area contributed by atoms with Crippen molar-refractivity contribution in [2.75, 3.05) is 12.4 Å². The summed E-state index contributed by atoms with van der Waals surface area (Å²) >= 11 is 0. The zero-order valence-electron chi connectivity index (χ0n) is 13.0. The predicted molar refractivity (Wildman–Crippen MR) is 86.2 cm³/mol. The van der Waals surface area contributed by atoms with Gasteiger partial charge >= 0.3 is 0 Å². The minimum absolute atomic E-state index is 0.260. The van der Waals surface area contributed by atoms with Gasteiger partial charge in [0.05, 0.1) is 7.11 Å². The molecule has 1 amide bonds. The Balaban J connectivity index is 2.00. The minimum Gasteiger partial charge on any atom is -0.497 e. The average molecular weight is 312 g/mol. The van der Waals surface area contributed by atoms with Crippen molar-refractivity contribution in [3.05, 3.63) is 57.6 Å². The quantitative estimate of drug-likeness (QED) is 0.773. The summed E-state index contributed by atoms with van der Waals surface area (Å²) in [6.45, 7) is 3.60. The maximum atomic E-state index is 12.5. The van der Waals surface area contributed by atoms with E-state index in [2.05, 4.69) is 15.4 Å². The summed E-state index contributed by atoms with van der Waals surface area (Å²) in [6, 6.07) is 6.82. The third-order valence-electron chi connectivity index (χ3n) is 3.56. The van der Waals surface area contributed by atoms with Crippen molar-refractivity contribution in [2.45, 2.75) is 13.8 Å². The number of H-pyrrole nitrogens is 1. The number of ether oxygens (including phenoxy) is 1.